The molecule has 8 heavy (non-hydrogen) atoms. The molecule has 0 amide bonds. The van der Waals surface area contributed by atoms with E-state index in [1.807, 2.05) is 0 Å². The fourth-order valence-electron chi connectivity index (χ4n) is 0.0975. The first-order valence-corrected chi connectivity index (χ1v) is 3.72. The zero-order chi connectivity index (χ0) is 5.91. The Morgan fingerprint density at radius 2 is 1.88 bits per heavy atom. The molecule has 0 bridgehead atoms. The molecule has 0 unspecified atom stereocenters. The van der Waals surface area contributed by atoms with E-state index in [0.717, 1.165) is 0 Å². The second-order valence-corrected chi connectivity index (χ2v) is 2.93. The Morgan fingerprint density at radius 3 is 1.88 bits per heavy atom. The van der Waals surface area contributed by atoms with Crippen LogP contribution in [0.25, 0.3) is 0 Å². The van der Waals surface area contributed by atoms with Crippen molar-refractivity contribution in [1.29, 1.82) is 0 Å². The van der Waals surface area contributed by atoms with Crippen LogP contribution < -0.4 is 0 Å². The minimum absolute atomic E-state index is 0. The van der Waals surface area contributed by atoms with Crippen LogP contribution in [0.2, 0.25) is 0 Å². The van der Waals surface area contributed by atoms with Gasteiger partial charge in [0.05, 0.1) is 5.75 Å². The molecular formula is C2H7ClO4S. The first kappa shape index (κ1) is 11.0. The maximum atomic E-state index is 9.70. The van der Waals surface area contributed by atoms with E-state index in [1.165, 1.54) is 0 Å². The lowest BCUT2D eigenvalue weighted by atomic mass is 11.0. The van der Waals surface area contributed by atoms with Crippen molar-refractivity contribution in [2.75, 3.05) is 11.6 Å². The predicted octanol–water partition coefficient (Wildman–Crippen LogP) is -0.712. The van der Waals surface area contributed by atoms with Crippen LogP contribution in [0, 0.1) is 0 Å². The molecule has 0 heterocycles. The van der Waals surface area contributed by atoms with Crippen molar-refractivity contribution in [2.24, 2.45) is 0 Å². The van der Waals surface area contributed by atoms with E-state index in [-0.39, 0.29) is 17.1 Å². The van der Waals surface area contributed by atoms with Gasteiger partial charge < -0.3 is 5.48 Å². The topological polar surface area (TPSA) is 85.9 Å². The van der Waals surface area contributed by atoms with Crippen LogP contribution in [0.1, 0.15) is 0 Å². The van der Waals surface area contributed by atoms with Crippen molar-refractivity contribution >= 4 is 21.7 Å². The van der Waals surface area contributed by atoms with E-state index in [0.29, 0.717) is 0 Å². The van der Waals surface area contributed by atoms with E-state index < -0.39 is 10.1 Å². The van der Waals surface area contributed by atoms with Crippen LogP contribution in [0.4, 0.5) is 0 Å². The van der Waals surface area contributed by atoms with Gasteiger partial charge >= 0.3 is 0 Å². The van der Waals surface area contributed by atoms with Gasteiger partial charge in [-0.15, -0.1) is 11.6 Å². The zero-order valence-corrected chi connectivity index (χ0v) is 5.54. The summed E-state index contributed by atoms with van der Waals surface area (Å²) in [6.45, 7) is 0. The molecule has 6 heteroatoms. The summed E-state index contributed by atoms with van der Waals surface area (Å²) in [4.78, 5) is 0. The molecule has 52 valence electrons. The lowest BCUT2D eigenvalue weighted by Gasteiger charge is -1.84. The van der Waals surface area contributed by atoms with Gasteiger partial charge in [0.15, 0.2) is 0 Å². The maximum absolute atomic E-state index is 9.70. The van der Waals surface area contributed by atoms with Crippen molar-refractivity contribution in [1.82, 2.24) is 0 Å². The molecule has 0 atom stereocenters. The fourth-order valence-corrected chi connectivity index (χ4v) is 0.877. The highest BCUT2D eigenvalue weighted by Gasteiger charge is 1.99. The third kappa shape index (κ3) is 9.48. The third-order valence-electron chi connectivity index (χ3n) is 0.335. The summed E-state index contributed by atoms with van der Waals surface area (Å²) in [6.07, 6.45) is 0. The van der Waals surface area contributed by atoms with E-state index in [4.69, 9.17) is 16.2 Å². The quantitative estimate of drug-likeness (QED) is 0.430. The fraction of sp³-hybridized carbons (Fsp3) is 1.00. The Bertz CT molecular complexity index is 127. The van der Waals surface area contributed by atoms with Gasteiger partial charge in [-0.05, 0) is 0 Å². The molecule has 0 rings (SSSR count). The van der Waals surface area contributed by atoms with Crippen LogP contribution in [-0.4, -0.2) is 30.1 Å². The molecule has 0 aromatic rings. The van der Waals surface area contributed by atoms with E-state index in [2.05, 4.69) is 0 Å². The lowest BCUT2D eigenvalue weighted by molar-refractivity contribution is 0.485. The van der Waals surface area contributed by atoms with Crippen LogP contribution in [-0.2, 0) is 10.1 Å². The lowest BCUT2D eigenvalue weighted by Crippen LogP contribution is -2.03. The van der Waals surface area contributed by atoms with Crippen LogP contribution in [0.3, 0.4) is 0 Å². The number of hydrogen-bond acceptors (Lipinski definition) is 2. The third-order valence-corrected chi connectivity index (χ3v) is 1.47. The summed E-state index contributed by atoms with van der Waals surface area (Å²) >= 11 is 4.95. The molecule has 0 saturated carbocycles. The van der Waals surface area contributed by atoms with Gasteiger partial charge in [-0.25, -0.2) is 0 Å². The molecule has 0 aliphatic carbocycles. The van der Waals surface area contributed by atoms with Crippen molar-refractivity contribution in [3.8, 4) is 0 Å². The van der Waals surface area contributed by atoms with Crippen LogP contribution in [0.15, 0.2) is 0 Å². The molecule has 0 aliphatic heterocycles. The minimum atomic E-state index is -3.81. The molecule has 0 spiro atoms. The van der Waals surface area contributed by atoms with Gasteiger partial charge in [0.2, 0.25) is 0 Å². The molecule has 0 fully saturated rings. The van der Waals surface area contributed by atoms with E-state index >= 15 is 0 Å². The average Bonchev–Trinajstić information content (AvgIpc) is 1.30. The van der Waals surface area contributed by atoms with Crippen molar-refractivity contribution < 1.29 is 18.4 Å². The maximum Gasteiger partial charge on any atom is 0.266 e. The van der Waals surface area contributed by atoms with Gasteiger partial charge in [-0.2, -0.15) is 8.42 Å². The highest BCUT2D eigenvalue weighted by molar-refractivity contribution is 7.85. The van der Waals surface area contributed by atoms with Crippen molar-refractivity contribution in [3.63, 3.8) is 0 Å². The number of alkyl halides is 1. The number of hydrogen-bond donors (Lipinski definition) is 1. The molecular weight excluding hydrogens is 156 g/mol. The van der Waals surface area contributed by atoms with Gasteiger partial charge in [0.1, 0.15) is 0 Å². The summed E-state index contributed by atoms with van der Waals surface area (Å²) in [5.74, 6) is -0.423. The van der Waals surface area contributed by atoms with Gasteiger partial charge in [-0.3, -0.25) is 4.55 Å². The van der Waals surface area contributed by atoms with Crippen LogP contribution >= 0.6 is 11.6 Å². The largest absolute Gasteiger partial charge is 0.412 e. The second-order valence-electron chi connectivity index (χ2n) is 0.975. The van der Waals surface area contributed by atoms with E-state index in [1.54, 1.807) is 0 Å². The second kappa shape index (κ2) is 4.08. The van der Waals surface area contributed by atoms with Gasteiger partial charge in [-0.1, -0.05) is 0 Å². The predicted molar refractivity (Wildman–Crippen MR) is 30.7 cm³/mol. The number of rotatable bonds is 2. The Balaban J connectivity index is 0. The molecule has 0 aromatic heterocycles. The highest BCUT2D eigenvalue weighted by atomic mass is 35.5. The normalized spacial score (nSPS) is 10.2. The SMILES string of the molecule is O.O=S(=O)(O)CCCl. The zero-order valence-electron chi connectivity index (χ0n) is 3.96. The number of halogens is 1. The molecule has 0 aliphatic rings. The van der Waals surface area contributed by atoms with Crippen molar-refractivity contribution in [2.45, 2.75) is 0 Å². The Morgan fingerprint density at radius 1 is 1.50 bits per heavy atom. The summed E-state index contributed by atoms with van der Waals surface area (Å²) in [6, 6.07) is 0. The van der Waals surface area contributed by atoms with E-state index in [9.17, 15) is 8.42 Å². The molecule has 3 N–H and O–H groups in total. The standard InChI is InChI=1S/C2H5ClO3S.H2O/c3-1-2-7(4,5)6;/h1-2H2,(H,4,5,6);1H2. The monoisotopic (exact) mass is 162 g/mol. The highest BCUT2D eigenvalue weighted by Crippen LogP contribution is 1.82. The summed E-state index contributed by atoms with van der Waals surface area (Å²) in [5, 5.41) is 0. The first-order chi connectivity index (χ1) is 3.06. The average molecular weight is 163 g/mol. The van der Waals surface area contributed by atoms with Crippen molar-refractivity contribution in [3.05, 3.63) is 0 Å². The summed E-state index contributed by atoms with van der Waals surface area (Å²) in [5.41, 5.74) is 0. The Kier molecular flexibility index (Phi) is 5.62. The Labute approximate surface area is 52.5 Å². The first-order valence-electron chi connectivity index (χ1n) is 1.57. The summed E-state index contributed by atoms with van der Waals surface area (Å²) < 4.78 is 27.3. The molecule has 0 aromatic carbocycles. The minimum Gasteiger partial charge on any atom is -0.412 e. The van der Waals surface area contributed by atoms with Gasteiger partial charge in [0, 0.05) is 5.88 Å². The smallest absolute Gasteiger partial charge is 0.266 e. The molecule has 0 saturated heterocycles. The molecule has 4 nitrogen and oxygen atoms in total. The Hall–Kier alpha value is 0.160. The van der Waals surface area contributed by atoms with Gasteiger partial charge in [0.25, 0.3) is 10.1 Å². The van der Waals surface area contributed by atoms with Crippen LogP contribution in [0.5, 0.6) is 0 Å². The molecule has 0 radical (unpaired) electrons. The summed E-state index contributed by atoms with van der Waals surface area (Å²) in [7, 11) is -3.81.